The summed E-state index contributed by atoms with van der Waals surface area (Å²) in [5.41, 5.74) is 0. The molecule has 0 aromatic carbocycles. The fraction of sp³-hybridized carbons (Fsp3) is 1.00. The van der Waals surface area contributed by atoms with E-state index in [2.05, 4.69) is 5.32 Å². The van der Waals surface area contributed by atoms with E-state index in [1.807, 2.05) is 6.92 Å². The van der Waals surface area contributed by atoms with Crippen LogP contribution in [0.1, 0.15) is 20.3 Å². The summed E-state index contributed by atoms with van der Waals surface area (Å²) in [6.45, 7) is 3.21. The first-order valence-corrected chi connectivity index (χ1v) is 3.84. The van der Waals surface area contributed by atoms with E-state index in [1.165, 1.54) is 0 Å². The molecule has 3 unspecified atom stereocenters. The van der Waals surface area contributed by atoms with Crippen LogP contribution >= 0.6 is 0 Å². The van der Waals surface area contributed by atoms with E-state index in [0.717, 1.165) is 0 Å². The topological polar surface area (TPSA) is 72.7 Å². The van der Waals surface area contributed by atoms with E-state index in [0.29, 0.717) is 6.42 Å². The third-order valence-electron chi connectivity index (χ3n) is 1.57. The lowest BCUT2D eigenvalue weighted by molar-refractivity contribution is 0.0470. The van der Waals surface area contributed by atoms with Crippen molar-refractivity contribution >= 4 is 0 Å². The van der Waals surface area contributed by atoms with Crippen molar-refractivity contribution in [2.24, 2.45) is 0 Å². The minimum Gasteiger partial charge on any atom is -0.395 e. The summed E-state index contributed by atoms with van der Waals surface area (Å²) in [4.78, 5) is 0. The van der Waals surface area contributed by atoms with Crippen LogP contribution in [0, 0.1) is 0 Å². The van der Waals surface area contributed by atoms with Crippen molar-refractivity contribution in [2.45, 2.75) is 38.6 Å². The lowest BCUT2D eigenvalue weighted by atomic mass is 10.2. The summed E-state index contributed by atoms with van der Waals surface area (Å²) < 4.78 is 0. The van der Waals surface area contributed by atoms with Gasteiger partial charge in [0.1, 0.15) is 6.23 Å². The molecule has 0 saturated heterocycles. The average molecular weight is 163 g/mol. The van der Waals surface area contributed by atoms with Crippen molar-refractivity contribution in [2.75, 3.05) is 6.61 Å². The van der Waals surface area contributed by atoms with Crippen LogP contribution in [-0.4, -0.2) is 40.3 Å². The van der Waals surface area contributed by atoms with Gasteiger partial charge >= 0.3 is 0 Å². The van der Waals surface area contributed by atoms with Crippen LogP contribution in [0.4, 0.5) is 0 Å². The first-order valence-electron chi connectivity index (χ1n) is 3.84. The van der Waals surface area contributed by atoms with Gasteiger partial charge in [-0.2, -0.15) is 0 Å². The summed E-state index contributed by atoms with van der Waals surface area (Å²) in [5.74, 6) is 0. The lowest BCUT2D eigenvalue weighted by Crippen LogP contribution is -2.46. The SMILES string of the molecule is CCC(O)NC(CO)C(C)O. The van der Waals surface area contributed by atoms with Gasteiger partial charge in [0.15, 0.2) is 0 Å². The maximum Gasteiger partial charge on any atom is 0.105 e. The summed E-state index contributed by atoms with van der Waals surface area (Å²) >= 11 is 0. The maximum absolute atomic E-state index is 9.07. The molecular weight excluding hydrogens is 146 g/mol. The zero-order chi connectivity index (χ0) is 8.85. The minimum atomic E-state index is -0.652. The largest absolute Gasteiger partial charge is 0.395 e. The molecule has 4 heteroatoms. The molecule has 11 heavy (non-hydrogen) atoms. The van der Waals surface area contributed by atoms with Gasteiger partial charge in [0, 0.05) is 0 Å². The number of nitrogens with one attached hydrogen (secondary N) is 1. The molecule has 0 aliphatic carbocycles. The van der Waals surface area contributed by atoms with Crippen LogP contribution in [0.2, 0.25) is 0 Å². The number of hydrogen-bond donors (Lipinski definition) is 4. The van der Waals surface area contributed by atoms with E-state index in [-0.39, 0.29) is 6.61 Å². The second kappa shape index (κ2) is 5.49. The van der Waals surface area contributed by atoms with Crippen molar-refractivity contribution in [1.82, 2.24) is 5.32 Å². The van der Waals surface area contributed by atoms with Gasteiger partial charge in [-0.25, -0.2) is 0 Å². The van der Waals surface area contributed by atoms with Gasteiger partial charge in [0.2, 0.25) is 0 Å². The predicted octanol–water partition coefficient (Wildman–Crippen LogP) is -0.954. The molecule has 0 bridgehead atoms. The lowest BCUT2D eigenvalue weighted by Gasteiger charge is -2.21. The molecule has 4 N–H and O–H groups in total. The van der Waals surface area contributed by atoms with E-state index in [4.69, 9.17) is 15.3 Å². The number of hydrogen-bond acceptors (Lipinski definition) is 4. The van der Waals surface area contributed by atoms with Crippen LogP contribution < -0.4 is 5.32 Å². The number of rotatable bonds is 5. The minimum absolute atomic E-state index is 0.172. The monoisotopic (exact) mass is 163 g/mol. The third-order valence-corrected chi connectivity index (χ3v) is 1.57. The molecule has 0 aliphatic heterocycles. The standard InChI is InChI=1S/C7H17NO3/c1-3-7(11)8-6(4-9)5(2)10/h5-11H,3-4H2,1-2H3. The van der Waals surface area contributed by atoms with Crippen LogP contribution in [0.5, 0.6) is 0 Å². The predicted molar refractivity (Wildman–Crippen MR) is 42.0 cm³/mol. The maximum atomic E-state index is 9.07. The molecule has 0 radical (unpaired) electrons. The molecule has 0 heterocycles. The van der Waals surface area contributed by atoms with Gasteiger partial charge in [-0.05, 0) is 13.3 Å². The highest BCUT2D eigenvalue weighted by Crippen LogP contribution is 1.94. The summed E-state index contributed by atoms with van der Waals surface area (Å²) in [6.07, 6.45) is -0.744. The van der Waals surface area contributed by atoms with Crippen molar-refractivity contribution < 1.29 is 15.3 Å². The molecule has 0 aliphatic rings. The molecule has 0 fully saturated rings. The highest BCUT2D eigenvalue weighted by Gasteiger charge is 2.15. The molecule has 0 saturated carbocycles. The fourth-order valence-electron chi connectivity index (χ4n) is 0.709. The highest BCUT2D eigenvalue weighted by molar-refractivity contribution is 4.71. The molecule has 0 spiro atoms. The first kappa shape index (κ1) is 10.8. The van der Waals surface area contributed by atoms with Gasteiger partial charge < -0.3 is 15.3 Å². The normalized spacial score (nSPS) is 19.4. The number of aliphatic hydroxyl groups excluding tert-OH is 3. The fourth-order valence-corrected chi connectivity index (χ4v) is 0.709. The Labute approximate surface area is 66.9 Å². The molecule has 68 valence electrons. The molecule has 0 amide bonds. The Kier molecular flexibility index (Phi) is 5.41. The average Bonchev–Trinajstić information content (AvgIpc) is 1.99. The highest BCUT2D eigenvalue weighted by atomic mass is 16.3. The Morgan fingerprint density at radius 1 is 1.36 bits per heavy atom. The van der Waals surface area contributed by atoms with Crippen LogP contribution in [0.25, 0.3) is 0 Å². The Morgan fingerprint density at radius 2 is 1.91 bits per heavy atom. The van der Waals surface area contributed by atoms with E-state index in [1.54, 1.807) is 6.92 Å². The van der Waals surface area contributed by atoms with E-state index in [9.17, 15) is 0 Å². The van der Waals surface area contributed by atoms with Crippen molar-refractivity contribution in [3.8, 4) is 0 Å². The quantitative estimate of drug-likeness (QED) is 0.394. The Bertz CT molecular complexity index is 97.7. The summed E-state index contributed by atoms with van der Waals surface area (Å²) in [7, 11) is 0. The second-order valence-electron chi connectivity index (χ2n) is 2.62. The van der Waals surface area contributed by atoms with Crippen LogP contribution in [0.3, 0.4) is 0 Å². The second-order valence-corrected chi connectivity index (χ2v) is 2.62. The van der Waals surface area contributed by atoms with Crippen LogP contribution in [-0.2, 0) is 0 Å². The Morgan fingerprint density at radius 3 is 2.18 bits per heavy atom. The molecular formula is C7H17NO3. The van der Waals surface area contributed by atoms with Crippen molar-refractivity contribution in [3.63, 3.8) is 0 Å². The summed E-state index contributed by atoms with van der Waals surface area (Å²) in [6, 6.07) is -0.440. The van der Waals surface area contributed by atoms with Gasteiger partial charge in [-0.1, -0.05) is 6.92 Å². The zero-order valence-corrected chi connectivity index (χ0v) is 6.99. The smallest absolute Gasteiger partial charge is 0.105 e. The Hall–Kier alpha value is -0.160. The number of aliphatic hydroxyl groups is 3. The van der Waals surface area contributed by atoms with Crippen LogP contribution in [0.15, 0.2) is 0 Å². The summed E-state index contributed by atoms with van der Waals surface area (Å²) in [5, 5.41) is 29.5. The van der Waals surface area contributed by atoms with Crippen molar-refractivity contribution in [1.29, 1.82) is 0 Å². The first-order chi connectivity index (χ1) is 5.11. The third kappa shape index (κ3) is 4.31. The molecule has 0 rings (SSSR count). The zero-order valence-electron chi connectivity index (χ0n) is 6.99. The van der Waals surface area contributed by atoms with Gasteiger partial charge in [0.05, 0.1) is 18.8 Å². The van der Waals surface area contributed by atoms with Crippen molar-refractivity contribution in [3.05, 3.63) is 0 Å². The van der Waals surface area contributed by atoms with E-state index >= 15 is 0 Å². The molecule has 4 nitrogen and oxygen atoms in total. The van der Waals surface area contributed by atoms with E-state index < -0.39 is 18.4 Å². The van der Waals surface area contributed by atoms with Gasteiger partial charge in [-0.15, -0.1) is 0 Å². The Balaban J connectivity index is 3.68. The van der Waals surface area contributed by atoms with Gasteiger partial charge in [0.25, 0.3) is 0 Å². The molecule has 3 atom stereocenters. The van der Waals surface area contributed by atoms with Gasteiger partial charge in [-0.3, -0.25) is 5.32 Å². The molecule has 0 aromatic heterocycles. The molecule has 0 aromatic rings.